The van der Waals surface area contributed by atoms with Gasteiger partial charge in [0.2, 0.25) is 0 Å². The third-order valence-corrected chi connectivity index (χ3v) is 4.49. The molecule has 0 bridgehead atoms. The number of nitrogens with one attached hydrogen (secondary N) is 2. The van der Waals surface area contributed by atoms with Gasteiger partial charge in [-0.05, 0) is 34.7 Å². The minimum Gasteiger partial charge on any atom is -0.325 e. The summed E-state index contributed by atoms with van der Waals surface area (Å²) < 4.78 is 13.2. The number of carbonyl (C=O) groups is 1. The molecule has 0 aliphatic heterocycles. The predicted octanol–water partition coefficient (Wildman–Crippen LogP) is 4.41. The molecule has 2 amide bonds. The molecule has 25 heavy (non-hydrogen) atoms. The third kappa shape index (κ3) is 4.89. The van der Waals surface area contributed by atoms with Gasteiger partial charge < -0.3 is 5.32 Å². The molecule has 0 saturated heterocycles. The highest BCUT2D eigenvalue weighted by Crippen LogP contribution is 2.26. The number of hydroxylamine groups is 1. The van der Waals surface area contributed by atoms with Crippen molar-refractivity contribution in [2.75, 3.05) is 0 Å². The van der Waals surface area contributed by atoms with Crippen molar-refractivity contribution < 1.29 is 14.0 Å². The largest absolute Gasteiger partial charge is 0.339 e. The smallest absolute Gasteiger partial charge is 0.325 e. The van der Waals surface area contributed by atoms with Gasteiger partial charge in [-0.3, -0.25) is 4.84 Å². The van der Waals surface area contributed by atoms with Crippen LogP contribution in [0.25, 0.3) is 0 Å². The first-order valence-electron chi connectivity index (χ1n) is 7.73. The van der Waals surface area contributed by atoms with Gasteiger partial charge in [0.1, 0.15) is 5.82 Å². The minimum atomic E-state index is -0.460. The summed E-state index contributed by atoms with van der Waals surface area (Å²) in [6.07, 6.45) is 0. The summed E-state index contributed by atoms with van der Waals surface area (Å²) in [5, 5.41) is 4.78. The summed E-state index contributed by atoms with van der Waals surface area (Å²) in [6.45, 7) is 0.272. The average Bonchev–Trinajstić information content (AvgIpc) is 3.16. The van der Waals surface area contributed by atoms with Crippen molar-refractivity contribution in [2.24, 2.45) is 0 Å². The van der Waals surface area contributed by atoms with E-state index in [1.807, 2.05) is 47.8 Å². The zero-order chi connectivity index (χ0) is 17.5. The van der Waals surface area contributed by atoms with Crippen LogP contribution in [0.15, 0.2) is 72.1 Å². The lowest BCUT2D eigenvalue weighted by atomic mass is 10.1. The molecule has 2 N–H and O–H groups in total. The Labute approximate surface area is 149 Å². The summed E-state index contributed by atoms with van der Waals surface area (Å²) in [6, 6.07) is 18.6. The van der Waals surface area contributed by atoms with Gasteiger partial charge >= 0.3 is 6.03 Å². The Morgan fingerprint density at radius 3 is 2.48 bits per heavy atom. The van der Waals surface area contributed by atoms with E-state index in [0.29, 0.717) is 0 Å². The van der Waals surface area contributed by atoms with Crippen molar-refractivity contribution in [1.82, 2.24) is 10.8 Å². The van der Waals surface area contributed by atoms with Crippen LogP contribution >= 0.6 is 11.3 Å². The van der Waals surface area contributed by atoms with E-state index in [1.54, 1.807) is 12.1 Å². The number of benzene rings is 2. The number of halogens is 1. The lowest BCUT2D eigenvalue weighted by Gasteiger charge is -2.18. The molecule has 3 rings (SSSR count). The maximum atomic E-state index is 13.2. The molecule has 1 aromatic heterocycles. The number of rotatable bonds is 6. The van der Waals surface area contributed by atoms with E-state index in [-0.39, 0.29) is 18.5 Å². The van der Waals surface area contributed by atoms with Gasteiger partial charge in [-0.25, -0.2) is 14.7 Å². The summed E-state index contributed by atoms with van der Waals surface area (Å²) in [5.74, 6) is -0.315. The molecule has 0 saturated carbocycles. The third-order valence-electron chi connectivity index (χ3n) is 3.55. The van der Waals surface area contributed by atoms with Gasteiger partial charge in [0.25, 0.3) is 0 Å². The molecule has 0 radical (unpaired) electrons. The first-order valence-corrected chi connectivity index (χ1v) is 8.61. The van der Waals surface area contributed by atoms with E-state index in [0.717, 1.165) is 16.0 Å². The quantitative estimate of drug-likeness (QED) is 0.643. The molecular weight excluding hydrogens is 339 g/mol. The van der Waals surface area contributed by atoms with Gasteiger partial charge in [-0.1, -0.05) is 48.5 Å². The molecule has 1 atom stereocenters. The standard InChI is InChI=1S/C19H17FN2O2S/c20-16-10-8-15(9-11-16)18(17-7-4-12-25-17)21-19(23)22-24-13-14-5-2-1-3-6-14/h1-12,18H,13H2,(H2,21,22,23)/t18-/m1/s1. The Balaban J connectivity index is 1.62. The van der Waals surface area contributed by atoms with Crippen molar-refractivity contribution >= 4 is 17.4 Å². The first-order chi connectivity index (χ1) is 12.2. The second kappa shape index (κ2) is 8.41. The van der Waals surface area contributed by atoms with Crippen LogP contribution in [0, 0.1) is 5.82 Å². The fourth-order valence-electron chi connectivity index (χ4n) is 2.35. The van der Waals surface area contributed by atoms with E-state index >= 15 is 0 Å². The SMILES string of the molecule is O=C(NOCc1ccccc1)N[C@H](c1ccc(F)cc1)c1cccs1. The molecule has 0 unspecified atom stereocenters. The Morgan fingerprint density at radius 2 is 1.80 bits per heavy atom. The normalized spacial score (nSPS) is 11.7. The zero-order valence-corrected chi connectivity index (χ0v) is 14.1. The molecule has 6 heteroatoms. The lowest BCUT2D eigenvalue weighted by Crippen LogP contribution is -2.38. The maximum absolute atomic E-state index is 13.2. The molecule has 128 valence electrons. The molecule has 3 aromatic rings. The highest BCUT2D eigenvalue weighted by atomic mass is 32.1. The van der Waals surface area contributed by atoms with Crippen LogP contribution in [0.5, 0.6) is 0 Å². The van der Waals surface area contributed by atoms with Crippen LogP contribution in [0.2, 0.25) is 0 Å². The lowest BCUT2D eigenvalue weighted by molar-refractivity contribution is 0.0485. The Kier molecular flexibility index (Phi) is 5.77. The summed E-state index contributed by atoms with van der Waals surface area (Å²) in [4.78, 5) is 18.3. The minimum absolute atomic E-state index is 0.272. The molecule has 0 aliphatic rings. The van der Waals surface area contributed by atoms with E-state index in [9.17, 15) is 9.18 Å². The number of hydrogen-bond donors (Lipinski definition) is 2. The fraction of sp³-hybridized carbons (Fsp3) is 0.105. The van der Waals surface area contributed by atoms with Gasteiger partial charge in [0.05, 0.1) is 12.6 Å². The van der Waals surface area contributed by atoms with Gasteiger partial charge in [0.15, 0.2) is 0 Å². The summed E-state index contributed by atoms with van der Waals surface area (Å²) >= 11 is 1.52. The van der Waals surface area contributed by atoms with Crippen LogP contribution in [-0.4, -0.2) is 6.03 Å². The second-order valence-corrected chi connectivity index (χ2v) is 6.33. The Hall–Kier alpha value is -2.70. The fourth-order valence-corrected chi connectivity index (χ4v) is 3.15. The number of hydrogen-bond acceptors (Lipinski definition) is 3. The average molecular weight is 356 g/mol. The van der Waals surface area contributed by atoms with Crippen LogP contribution in [0.1, 0.15) is 22.0 Å². The predicted molar refractivity (Wildman–Crippen MR) is 95.5 cm³/mol. The Morgan fingerprint density at radius 1 is 1.04 bits per heavy atom. The van der Waals surface area contributed by atoms with Crippen molar-refractivity contribution in [1.29, 1.82) is 0 Å². The molecule has 0 spiro atoms. The van der Waals surface area contributed by atoms with Crippen LogP contribution in [0.4, 0.5) is 9.18 Å². The number of carbonyl (C=O) groups excluding carboxylic acids is 1. The topological polar surface area (TPSA) is 50.4 Å². The number of thiophene rings is 1. The van der Waals surface area contributed by atoms with Crippen LogP contribution in [-0.2, 0) is 11.4 Å². The number of amides is 2. The molecule has 2 aromatic carbocycles. The van der Waals surface area contributed by atoms with Gasteiger partial charge in [0, 0.05) is 4.88 Å². The van der Waals surface area contributed by atoms with Gasteiger partial charge in [-0.2, -0.15) is 0 Å². The monoisotopic (exact) mass is 356 g/mol. The van der Waals surface area contributed by atoms with Crippen LogP contribution < -0.4 is 10.8 Å². The molecule has 4 nitrogen and oxygen atoms in total. The molecule has 0 aliphatic carbocycles. The molecule has 1 heterocycles. The highest BCUT2D eigenvalue weighted by Gasteiger charge is 2.18. The first kappa shape index (κ1) is 17.1. The number of urea groups is 1. The van der Waals surface area contributed by atoms with E-state index in [2.05, 4.69) is 10.8 Å². The van der Waals surface area contributed by atoms with Crippen LogP contribution in [0.3, 0.4) is 0 Å². The van der Waals surface area contributed by atoms with E-state index in [1.165, 1.54) is 23.5 Å². The molecular formula is C19H17FN2O2S. The zero-order valence-electron chi connectivity index (χ0n) is 13.3. The highest BCUT2D eigenvalue weighted by molar-refractivity contribution is 7.10. The molecule has 0 fully saturated rings. The van der Waals surface area contributed by atoms with Crippen molar-refractivity contribution in [3.05, 3.63) is 93.9 Å². The van der Waals surface area contributed by atoms with Crippen molar-refractivity contribution in [2.45, 2.75) is 12.6 Å². The Bertz CT molecular complexity index is 792. The summed E-state index contributed by atoms with van der Waals surface area (Å²) in [5.41, 5.74) is 4.13. The van der Waals surface area contributed by atoms with Gasteiger partial charge in [-0.15, -0.1) is 11.3 Å². The summed E-state index contributed by atoms with van der Waals surface area (Å²) in [7, 11) is 0. The van der Waals surface area contributed by atoms with E-state index in [4.69, 9.17) is 4.84 Å². The second-order valence-electron chi connectivity index (χ2n) is 5.35. The maximum Gasteiger partial charge on any atom is 0.339 e. The van der Waals surface area contributed by atoms with Crippen molar-refractivity contribution in [3.63, 3.8) is 0 Å². The van der Waals surface area contributed by atoms with E-state index < -0.39 is 6.03 Å². The van der Waals surface area contributed by atoms with Crippen molar-refractivity contribution in [3.8, 4) is 0 Å².